The molecule has 0 spiro atoms. The zero-order chi connectivity index (χ0) is 16.4. The summed E-state index contributed by atoms with van der Waals surface area (Å²) in [5.74, 6) is 0.975. The van der Waals surface area contributed by atoms with E-state index in [1.807, 2.05) is 53.9 Å². The predicted molar refractivity (Wildman–Crippen MR) is 94.3 cm³/mol. The third-order valence-electron chi connectivity index (χ3n) is 3.88. The maximum atomic E-state index is 6.17. The summed E-state index contributed by atoms with van der Waals surface area (Å²) in [5, 5.41) is 0.671. The second kappa shape index (κ2) is 6.60. The molecule has 23 heavy (non-hydrogen) atoms. The fraction of sp³-hybridized carbons (Fsp3) is 0.278. The molecular weight excluding hydrogens is 310 g/mol. The van der Waals surface area contributed by atoms with E-state index in [1.54, 1.807) is 0 Å². The highest BCUT2D eigenvalue weighted by Gasteiger charge is 2.21. The minimum atomic E-state index is 0.146. The first-order valence-electron chi connectivity index (χ1n) is 7.75. The zero-order valence-corrected chi connectivity index (χ0v) is 14.0. The minimum Gasteiger partial charge on any atom is -0.493 e. The largest absolute Gasteiger partial charge is 0.493 e. The second-order valence-electron chi connectivity index (χ2n) is 5.49. The lowest BCUT2D eigenvalue weighted by atomic mass is 10.0. The van der Waals surface area contributed by atoms with Gasteiger partial charge < -0.3 is 14.9 Å². The van der Waals surface area contributed by atoms with E-state index in [4.69, 9.17) is 27.1 Å². The average Bonchev–Trinajstić information content (AvgIpc) is 2.93. The maximum Gasteiger partial charge on any atom is 0.137 e. The summed E-state index contributed by atoms with van der Waals surface area (Å²) in [4.78, 5) is 4.80. The van der Waals surface area contributed by atoms with Gasteiger partial charge in [0, 0.05) is 24.2 Å². The second-order valence-corrected chi connectivity index (χ2v) is 5.92. The molecule has 0 aliphatic carbocycles. The van der Waals surface area contributed by atoms with Crippen molar-refractivity contribution < 1.29 is 4.74 Å². The van der Waals surface area contributed by atoms with Crippen LogP contribution in [0.15, 0.2) is 42.6 Å². The van der Waals surface area contributed by atoms with Crippen molar-refractivity contribution in [1.82, 2.24) is 9.38 Å². The van der Waals surface area contributed by atoms with Crippen molar-refractivity contribution >= 4 is 17.2 Å². The van der Waals surface area contributed by atoms with Gasteiger partial charge in [0.15, 0.2) is 0 Å². The molecule has 0 bridgehead atoms. The number of benzene rings is 1. The number of imidazole rings is 1. The van der Waals surface area contributed by atoms with Gasteiger partial charge in [0.2, 0.25) is 0 Å². The number of halogens is 1. The lowest BCUT2D eigenvalue weighted by molar-refractivity contribution is 0.341. The summed E-state index contributed by atoms with van der Waals surface area (Å²) >= 11 is 6.17. The molecule has 0 aliphatic rings. The molecule has 3 rings (SSSR count). The van der Waals surface area contributed by atoms with Crippen LogP contribution in [-0.2, 0) is 0 Å². The quantitative estimate of drug-likeness (QED) is 0.766. The van der Waals surface area contributed by atoms with Crippen molar-refractivity contribution in [3.05, 3.63) is 53.3 Å². The minimum absolute atomic E-state index is 0.146. The van der Waals surface area contributed by atoms with Crippen LogP contribution >= 0.6 is 11.6 Å². The van der Waals surface area contributed by atoms with E-state index < -0.39 is 0 Å². The number of ether oxygens (including phenoxy) is 1. The van der Waals surface area contributed by atoms with Crippen LogP contribution in [0.5, 0.6) is 5.75 Å². The predicted octanol–water partition coefficient (Wildman–Crippen LogP) is 4.12. The molecule has 0 amide bonds. The Morgan fingerprint density at radius 3 is 2.78 bits per heavy atom. The van der Waals surface area contributed by atoms with Crippen molar-refractivity contribution in [3.8, 4) is 17.0 Å². The molecule has 1 aromatic carbocycles. The van der Waals surface area contributed by atoms with E-state index in [0.29, 0.717) is 18.2 Å². The van der Waals surface area contributed by atoms with Crippen LogP contribution in [0.1, 0.15) is 25.5 Å². The first kappa shape index (κ1) is 15.8. The van der Waals surface area contributed by atoms with E-state index in [0.717, 1.165) is 28.3 Å². The molecule has 0 radical (unpaired) electrons. The molecule has 2 aromatic heterocycles. The number of pyridine rings is 1. The molecule has 5 heteroatoms. The molecule has 4 nitrogen and oxygen atoms in total. The molecular formula is C18H20ClN3O. The van der Waals surface area contributed by atoms with Gasteiger partial charge in [-0.1, -0.05) is 30.7 Å². The number of rotatable bonds is 5. The van der Waals surface area contributed by atoms with Gasteiger partial charge in [-0.05, 0) is 31.2 Å². The maximum absolute atomic E-state index is 6.17. The molecule has 0 aliphatic heterocycles. The lowest BCUT2D eigenvalue weighted by Crippen LogP contribution is -2.12. The van der Waals surface area contributed by atoms with Crippen molar-refractivity contribution in [1.29, 1.82) is 0 Å². The van der Waals surface area contributed by atoms with Gasteiger partial charge >= 0.3 is 0 Å². The van der Waals surface area contributed by atoms with Crippen LogP contribution in [0, 0.1) is 0 Å². The van der Waals surface area contributed by atoms with Crippen molar-refractivity contribution in [2.45, 2.75) is 19.8 Å². The van der Waals surface area contributed by atoms with E-state index in [-0.39, 0.29) is 5.92 Å². The van der Waals surface area contributed by atoms with E-state index in [1.165, 1.54) is 0 Å². The van der Waals surface area contributed by atoms with Crippen LogP contribution in [0.3, 0.4) is 0 Å². The molecule has 1 atom stereocenters. The Morgan fingerprint density at radius 1 is 1.26 bits per heavy atom. The molecule has 0 fully saturated rings. The molecule has 3 aromatic rings. The zero-order valence-electron chi connectivity index (χ0n) is 13.3. The van der Waals surface area contributed by atoms with Gasteiger partial charge in [-0.2, -0.15) is 0 Å². The lowest BCUT2D eigenvalue weighted by Gasteiger charge is -2.14. The highest BCUT2D eigenvalue weighted by atomic mass is 35.5. The van der Waals surface area contributed by atoms with Gasteiger partial charge in [0.1, 0.15) is 11.4 Å². The molecule has 1 unspecified atom stereocenters. The highest BCUT2D eigenvalue weighted by molar-refractivity contribution is 6.30. The monoisotopic (exact) mass is 329 g/mol. The number of hydrogen-bond acceptors (Lipinski definition) is 3. The van der Waals surface area contributed by atoms with Crippen LogP contribution in [-0.4, -0.2) is 22.5 Å². The van der Waals surface area contributed by atoms with Gasteiger partial charge in [-0.25, -0.2) is 4.98 Å². The number of nitrogens with two attached hydrogens (primary N) is 1. The number of fused-ring (bicyclic) bond motifs is 1. The normalized spacial score (nSPS) is 12.5. The highest BCUT2D eigenvalue weighted by Crippen LogP contribution is 2.35. The summed E-state index contributed by atoms with van der Waals surface area (Å²) in [6, 6.07) is 11.7. The third kappa shape index (κ3) is 2.92. The fourth-order valence-electron chi connectivity index (χ4n) is 2.76. The number of nitrogens with zero attached hydrogens (tertiary/aromatic N) is 2. The third-order valence-corrected chi connectivity index (χ3v) is 4.11. The van der Waals surface area contributed by atoms with Gasteiger partial charge in [-0.3, -0.25) is 0 Å². The standard InChI is InChI=1S/C18H20ClN3O/c1-3-23-15-7-5-4-6-14(15)17-18(12(2)10-20)22-11-13(19)8-9-16(22)21-17/h4-9,11-12H,3,10,20H2,1-2H3. The Kier molecular flexibility index (Phi) is 4.55. The first-order chi connectivity index (χ1) is 11.2. The van der Waals surface area contributed by atoms with E-state index in [2.05, 4.69) is 6.92 Å². The molecule has 2 N–H and O–H groups in total. The summed E-state index contributed by atoms with van der Waals surface area (Å²) in [5.41, 5.74) is 9.71. The average molecular weight is 330 g/mol. The number of aromatic nitrogens is 2. The van der Waals surface area contributed by atoms with E-state index in [9.17, 15) is 0 Å². The smallest absolute Gasteiger partial charge is 0.137 e. The summed E-state index contributed by atoms with van der Waals surface area (Å²) < 4.78 is 7.80. The molecule has 120 valence electrons. The Morgan fingerprint density at radius 2 is 2.04 bits per heavy atom. The molecule has 0 saturated carbocycles. The number of hydrogen-bond donors (Lipinski definition) is 1. The Hall–Kier alpha value is -2.04. The first-order valence-corrected chi connectivity index (χ1v) is 8.13. The van der Waals surface area contributed by atoms with Crippen molar-refractivity contribution in [2.75, 3.05) is 13.2 Å². The Bertz CT molecular complexity index is 828. The molecule has 0 saturated heterocycles. The van der Waals surface area contributed by atoms with Crippen LogP contribution in [0.2, 0.25) is 5.02 Å². The van der Waals surface area contributed by atoms with Gasteiger partial charge in [-0.15, -0.1) is 0 Å². The van der Waals surface area contributed by atoms with Crippen molar-refractivity contribution in [3.63, 3.8) is 0 Å². The SMILES string of the molecule is CCOc1ccccc1-c1nc2ccc(Cl)cn2c1C(C)CN. The molecule has 2 heterocycles. The fourth-order valence-corrected chi connectivity index (χ4v) is 2.92. The summed E-state index contributed by atoms with van der Waals surface area (Å²) in [6.07, 6.45) is 1.89. The van der Waals surface area contributed by atoms with Crippen LogP contribution < -0.4 is 10.5 Å². The van der Waals surface area contributed by atoms with Gasteiger partial charge in [0.25, 0.3) is 0 Å². The number of para-hydroxylation sites is 1. The van der Waals surface area contributed by atoms with Gasteiger partial charge in [0.05, 0.1) is 23.0 Å². The summed E-state index contributed by atoms with van der Waals surface area (Å²) in [6.45, 7) is 5.21. The van der Waals surface area contributed by atoms with Crippen LogP contribution in [0.4, 0.5) is 0 Å². The van der Waals surface area contributed by atoms with Crippen LogP contribution in [0.25, 0.3) is 16.9 Å². The topological polar surface area (TPSA) is 52.5 Å². The van der Waals surface area contributed by atoms with E-state index >= 15 is 0 Å². The Balaban J connectivity index is 2.29. The summed E-state index contributed by atoms with van der Waals surface area (Å²) in [7, 11) is 0. The Labute approximate surface area is 140 Å². The van der Waals surface area contributed by atoms with Crippen molar-refractivity contribution in [2.24, 2.45) is 5.73 Å².